The minimum absolute atomic E-state index is 0.0340. The third kappa shape index (κ3) is 3.13. The summed E-state index contributed by atoms with van der Waals surface area (Å²) in [4.78, 5) is 11.0. The summed E-state index contributed by atoms with van der Waals surface area (Å²) in [5, 5.41) is 18.4. The lowest BCUT2D eigenvalue weighted by molar-refractivity contribution is -0.142. The maximum absolute atomic E-state index is 12.6. The van der Waals surface area contributed by atoms with E-state index in [1.165, 1.54) is 8.61 Å². The zero-order valence-electron chi connectivity index (χ0n) is 11.4. The Labute approximate surface area is 119 Å². The molecule has 0 bridgehead atoms. The average molecular weight is 306 g/mol. The maximum Gasteiger partial charge on any atom is 0.307 e. The molecule has 0 radical (unpaired) electrons. The first-order chi connectivity index (χ1) is 9.46. The molecule has 2 aliphatic heterocycles. The standard InChI is InChI=1S/C12H22N2O5S/c15-9-11-5-1-2-7-14(11)20(18,19)13-6-3-4-10(8-13)12(16)17/h10-11,15H,1-9H2,(H,16,17). The lowest BCUT2D eigenvalue weighted by Crippen LogP contribution is -2.54. The molecule has 2 atom stereocenters. The van der Waals surface area contributed by atoms with E-state index in [-0.39, 0.29) is 19.2 Å². The Balaban J connectivity index is 2.14. The fourth-order valence-electron chi connectivity index (χ4n) is 2.96. The molecule has 116 valence electrons. The molecule has 20 heavy (non-hydrogen) atoms. The van der Waals surface area contributed by atoms with Gasteiger partial charge in [0.1, 0.15) is 0 Å². The van der Waals surface area contributed by atoms with E-state index in [2.05, 4.69) is 0 Å². The highest BCUT2D eigenvalue weighted by molar-refractivity contribution is 7.86. The zero-order valence-corrected chi connectivity index (χ0v) is 12.3. The average Bonchev–Trinajstić information content (AvgIpc) is 2.47. The second-order valence-electron chi connectivity index (χ2n) is 5.49. The Morgan fingerprint density at radius 3 is 2.55 bits per heavy atom. The van der Waals surface area contributed by atoms with Crippen molar-refractivity contribution in [2.45, 2.75) is 38.1 Å². The number of aliphatic hydroxyl groups excluding tert-OH is 1. The number of piperidine rings is 2. The predicted octanol–water partition coefficient (Wildman–Crippen LogP) is -0.125. The number of nitrogens with zero attached hydrogens (tertiary/aromatic N) is 2. The van der Waals surface area contributed by atoms with Crippen LogP contribution in [0.25, 0.3) is 0 Å². The number of carbonyl (C=O) groups is 1. The maximum atomic E-state index is 12.6. The van der Waals surface area contributed by atoms with Crippen molar-refractivity contribution in [1.29, 1.82) is 0 Å². The molecule has 0 aromatic heterocycles. The van der Waals surface area contributed by atoms with Gasteiger partial charge in [-0.05, 0) is 25.7 Å². The monoisotopic (exact) mass is 306 g/mol. The normalized spacial score (nSPS) is 30.2. The van der Waals surface area contributed by atoms with E-state index >= 15 is 0 Å². The summed E-state index contributed by atoms with van der Waals surface area (Å²) < 4.78 is 27.9. The fraction of sp³-hybridized carbons (Fsp3) is 0.917. The number of aliphatic carboxylic acids is 1. The molecule has 2 saturated heterocycles. The first kappa shape index (κ1) is 15.7. The highest BCUT2D eigenvalue weighted by Crippen LogP contribution is 2.26. The van der Waals surface area contributed by atoms with Crippen molar-refractivity contribution in [1.82, 2.24) is 8.61 Å². The van der Waals surface area contributed by atoms with E-state index in [0.717, 1.165) is 12.8 Å². The smallest absolute Gasteiger partial charge is 0.307 e. The van der Waals surface area contributed by atoms with Gasteiger partial charge in [0.2, 0.25) is 0 Å². The molecule has 2 N–H and O–H groups in total. The van der Waals surface area contributed by atoms with Gasteiger partial charge >= 0.3 is 5.97 Å². The summed E-state index contributed by atoms with van der Waals surface area (Å²) in [5.41, 5.74) is 0. The second kappa shape index (κ2) is 6.38. The van der Waals surface area contributed by atoms with Gasteiger partial charge in [-0.25, -0.2) is 0 Å². The van der Waals surface area contributed by atoms with Gasteiger partial charge in [0.25, 0.3) is 10.2 Å². The van der Waals surface area contributed by atoms with Crippen molar-refractivity contribution in [3.05, 3.63) is 0 Å². The summed E-state index contributed by atoms with van der Waals surface area (Å²) in [5.74, 6) is -1.57. The topological polar surface area (TPSA) is 98.2 Å². The molecule has 0 amide bonds. The van der Waals surface area contributed by atoms with E-state index in [1.807, 2.05) is 0 Å². The van der Waals surface area contributed by atoms with Crippen molar-refractivity contribution in [2.24, 2.45) is 5.92 Å². The third-order valence-electron chi connectivity index (χ3n) is 4.14. The van der Waals surface area contributed by atoms with E-state index in [1.54, 1.807) is 0 Å². The van der Waals surface area contributed by atoms with E-state index in [0.29, 0.717) is 32.4 Å². The van der Waals surface area contributed by atoms with Gasteiger partial charge in [-0.15, -0.1) is 0 Å². The van der Waals surface area contributed by atoms with Crippen LogP contribution in [0.5, 0.6) is 0 Å². The first-order valence-electron chi connectivity index (χ1n) is 7.07. The van der Waals surface area contributed by atoms with Crippen LogP contribution in [0, 0.1) is 5.92 Å². The molecular weight excluding hydrogens is 284 g/mol. The van der Waals surface area contributed by atoms with Crippen LogP contribution in [0.15, 0.2) is 0 Å². The highest BCUT2D eigenvalue weighted by atomic mass is 32.2. The Bertz CT molecular complexity index is 453. The van der Waals surface area contributed by atoms with Crippen LogP contribution < -0.4 is 0 Å². The second-order valence-corrected chi connectivity index (χ2v) is 7.37. The van der Waals surface area contributed by atoms with Gasteiger partial charge in [-0.1, -0.05) is 6.42 Å². The quantitative estimate of drug-likeness (QED) is 0.754. The zero-order chi connectivity index (χ0) is 14.8. The van der Waals surface area contributed by atoms with Gasteiger partial charge in [0.15, 0.2) is 0 Å². The van der Waals surface area contributed by atoms with Crippen molar-refractivity contribution >= 4 is 16.2 Å². The molecule has 0 spiro atoms. The van der Waals surface area contributed by atoms with Crippen LogP contribution in [0.2, 0.25) is 0 Å². The van der Waals surface area contributed by atoms with Crippen molar-refractivity contribution in [3.8, 4) is 0 Å². The van der Waals surface area contributed by atoms with Crippen LogP contribution in [0.4, 0.5) is 0 Å². The summed E-state index contributed by atoms with van der Waals surface area (Å²) in [7, 11) is -3.67. The number of rotatable bonds is 4. The molecule has 0 aliphatic carbocycles. The molecule has 0 aromatic carbocycles. The predicted molar refractivity (Wildman–Crippen MR) is 72.3 cm³/mol. The molecule has 2 rings (SSSR count). The van der Waals surface area contributed by atoms with Gasteiger partial charge < -0.3 is 10.2 Å². The van der Waals surface area contributed by atoms with Gasteiger partial charge in [0.05, 0.1) is 12.5 Å². The fourth-order valence-corrected chi connectivity index (χ4v) is 4.90. The van der Waals surface area contributed by atoms with Crippen LogP contribution in [0.1, 0.15) is 32.1 Å². The molecule has 2 heterocycles. The summed E-state index contributed by atoms with van der Waals surface area (Å²) in [6.45, 7) is 0.615. The molecular formula is C12H22N2O5S. The van der Waals surface area contributed by atoms with Gasteiger partial charge in [-0.3, -0.25) is 4.79 Å². The Morgan fingerprint density at radius 1 is 1.15 bits per heavy atom. The van der Waals surface area contributed by atoms with E-state index < -0.39 is 22.1 Å². The van der Waals surface area contributed by atoms with Crippen LogP contribution >= 0.6 is 0 Å². The molecule has 0 aromatic rings. The first-order valence-corrected chi connectivity index (χ1v) is 8.47. The highest BCUT2D eigenvalue weighted by Gasteiger charge is 2.39. The SMILES string of the molecule is O=C(O)C1CCCN(S(=O)(=O)N2CCCCC2CO)C1. The van der Waals surface area contributed by atoms with Crippen LogP contribution in [-0.4, -0.2) is 65.5 Å². The number of aliphatic hydroxyl groups is 1. The number of carboxylic acids is 1. The summed E-state index contributed by atoms with van der Waals surface area (Å²) in [6, 6.07) is -0.376. The van der Waals surface area contributed by atoms with E-state index in [9.17, 15) is 18.3 Å². The number of hydrogen-bond donors (Lipinski definition) is 2. The molecule has 7 nitrogen and oxygen atoms in total. The Hall–Kier alpha value is -0.700. The Morgan fingerprint density at radius 2 is 1.90 bits per heavy atom. The third-order valence-corrected chi connectivity index (χ3v) is 6.20. The molecule has 2 aliphatic rings. The van der Waals surface area contributed by atoms with E-state index in [4.69, 9.17) is 5.11 Å². The van der Waals surface area contributed by atoms with Crippen molar-refractivity contribution in [2.75, 3.05) is 26.2 Å². The molecule has 0 saturated carbocycles. The van der Waals surface area contributed by atoms with Gasteiger partial charge in [-0.2, -0.15) is 17.0 Å². The molecule has 8 heteroatoms. The number of hydrogen-bond acceptors (Lipinski definition) is 4. The van der Waals surface area contributed by atoms with Gasteiger partial charge in [0, 0.05) is 25.7 Å². The minimum atomic E-state index is -3.67. The Kier molecular flexibility index (Phi) is 5.00. The number of carboxylic acid groups (broad SMARTS) is 1. The van der Waals surface area contributed by atoms with Crippen molar-refractivity contribution < 1.29 is 23.4 Å². The molecule has 2 unspecified atom stereocenters. The van der Waals surface area contributed by atoms with Crippen LogP contribution in [-0.2, 0) is 15.0 Å². The molecule has 2 fully saturated rings. The van der Waals surface area contributed by atoms with Crippen LogP contribution in [0.3, 0.4) is 0 Å². The lowest BCUT2D eigenvalue weighted by Gasteiger charge is -2.39. The minimum Gasteiger partial charge on any atom is -0.481 e. The van der Waals surface area contributed by atoms with Crippen molar-refractivity contribution in [3.63, 3.8) is 0 Å². The lowest BCUT2D eigenvalue weighted by atomic mass is 10.0. The summed E-state index contributed by atoms with van der Waals surface area (Å²) in [6.07, 6.45) is 3.44. The summed E-state index contributed by atoms with van der Waals surface area (Å²) >= 11 is 0. The largest absolute Gasteiger partial charge is 0.481 e.